The number of nitrogen functional groups attached to an aromatic ring is 1. The zero-order chi connectivity index (χ0) is 13.7. The molecule has 0 aliphatic carbocycles. The Bertz CT molecular complexity index is 615. The van der Waals surface area contributed by atoms with Crippen LogP contribution < -0.4 is 21.3 Å². The molecule has 0 bridgehead atoms. The molecule has 0 aliphatic rings. The molecule has 6 nitrogen and oxygen atoms in total. The van der Waals surface area contributed by atoms with E-state index in [1.165, 1.54) is 6.33 Å². The summed E-state index contributed by atoms with van der Waals surface area (Å²) in [5.74, 6) is 1.02. The molecule has 0 radical (unpaired) electrons. The molecule has 100 valence electrons. The zero-order valence-corrected chi connectivity index (χ0v) is 10.8. The topological polar surface area (TPSA) is 93.0 Å². The van der Waals surface area contributed by atoms with Crippen molar-refractivity contribution in [3.8, 4) is 5.75 Å². The third-order valence-corrected chi connectivity index (χ3v) is 2.67. The minimum Gasteiger partial charge on any atom is -0.492 e. The first-order chi connectivity index (χ1) is 9.16. The van der Waals surface area contributed by atoms with Gasteiger partial charge in [-0.15, -0.1) is 0 Å². The lowest BCUT2D eigenvalue weighted by molar-refractivity contribution is 0.333. The molecule has 4 N–H and O–H groups in total. The molecule has 7 heteroatoms. The molecule has 1 aromatic heterocycles. The molecule has 0 atom stereocenters. The highest BCUT2D eigenvalue weighted by atomic mass is 35.5. The first kappa shape index (κ1) is 13.2. The second-order valence-corrected chi connectivity index (χ2v) is 4.12. The van der Waals surface area contributed by atoms with Crippen LogP contribution >= 0.6 is 11.6 Å². The predicted octanol–water partition coefficient (Wildman–Crippen LogP) is 1.50. The van der Waals surface area contributed by atoms with E-state index in [1.807, 2.05) is 12.1 Å². The van der Waals surface area contributed by atoms with Crippen molar-refractivity contribution in [3.05, 3.63) is 46.0 Å². The fourth-order valence-corrected chi connectivity index (χ4v) is 1.62. The van der Waals surface area contributed by atoms with Gasteiger partial charge >= 0.3 is 0 Å². The van der Waals surface area contributed by atoms with Crippen LogP contribution in [0.15, 0.2) is 35.4 Å². The Morgan fingerprint density at radius 1 is 1.47 bits per heavy atom. The fraction of sp³-hybridized carbons (Fsp3) is 0.167. The molecular formula is C12H13ClN4O2. The van der Waals surface area contributed by atoms with Gasteiger partial charge in [-0.1, -0.05) is 17.7 Å². The van der Waals surface area contributed by atoms with Crippen LogP contribution in [0.25, 0.3) is 0 Å². The van der Waals surface area contributed by atoms with Gasteiger partial charge in [0.2, 0.25) is 0 Å². The van der Waals surface area contributed by atoms with E-state index < -0.39 is 0 Å². The molecule has 0 unspecified atom stereocenters. The third kappa shape index (κ3) is 3.62. The highest BCUT2D eigenvalue weighted by Gasteiger charge is 2.04. The molecular weight excluding hydrogens is 268 g/mol. The van der Waals surface area contributed by atoms with Gasteiger partial charge in [0, 0.05) is 11.8 Å². The number of hydrogen-bond acceptors (Lipinski definition) is 5. The van der Waals surface area contributed by atoms with Crippen LogP contribution in [0.3, 0.4) is 0 Å². The number of rotatable bonds is 5. The summed E-state index contributed by atoms with van der Waals surface area (Å²) in [4.78, 5) is 17.5. The Hall–Kier alpha value is -2.21. The van der Waals surface area contributed by atoms with Gasteiger partial charge in [-0.2, -0.15) is 0 Å². The minimum absolute atomic E-state index is 0.0338. The highest BCUT2D eigenvalue weighted by molar-refractivity contribution is 6.32. The van der Waals surface area contributed by atoms with Crippen molar-refractivity contribution in [2.45, 2.75) is 0 Å². The van der Waals surface area contributed by atoms with Crippen molar-refractivity contribution in [3.63, 3.8) is 0 Å². The molecule has 0 saturated carbocycles. The van der Waals surface area contributed by atoms with Gasteiger partial charge in [0.1, 0.15) is 17.4 Å². The first-order valence-corrected chi connectivity index (χ1v) is 6.00. The predicted molar refractivity (Wildman–Crippen MR) is 74.7 cm³/mol. The lowest BCUT2D eigenvalue weighted by Crippen LogP contribution is -2.16. The standard InChI is InChI=1S/C12H13ClN4O2/c13-10-11(16-7-17-12(10)18)15-4-5-19-9-3-1-2-8(14)6-9/h1-3,6-7H,4-5,14H2,(H2,15,16,17,18). The molecule has 2 aromatic rings. The summed E-state index contributed by atoms with van der Waals surface area (Å²) in [7, 11) is 0. The molecule has 1 aromatic carbocycles. The lowest BCUT2D eigenvalue weighted by Gasteiger charge is -2.08. The number of aromatic amines is 1. The van der Waals surface area contributed by atoms with Crippen LogP contribution in [0, 0.1) is 0 Å². The second-order valence-electron chi connectivity index (χ2n) is 3.74. The van der Waals surface area contributed by atoms with Crippen molar-refractivity contribution in [1.29, 1.82) is 0 Å². The minimum atomic E-state index is -0.379. The largest absolute Gasteiger partial charge is 0.492 e. The fourth-order valence-electron chi connectivity index (χ4n) is 1.45. The van der Waals surface area contributed by atoms with Gasteiger partial charge in [0.25, 0.3) is 5.56 Å². The molecule has 2 rings (SSSR count). The summed E-state index contributed by atoms with van der Waals surface area (Å²) in [6.45, 7) is 0.860. The van der Waals surface area contributed by atoms with E-state index in [-0.39, 0.29) is 10.6 Å². The summed E-state index contributed by atoms with van der Waals surface area (Å²) >= 11 is 5.78. The molecule has 0 saturated heterocycles. The van der Waals surface area contributed by atoms with E-state index >= 15 is 0 Å². The maximum absolute atomic E-state index is 11.2. The number of nitrogens with two attached hydrogens (primary N) is 1. The molecule has 0 spiro atoms. The summed E-state index contributed by atoms with van der Waals surface area (Å²) in [5.41, 5.74) is 5.89. The normalized spacial score (nSPS) is 10.2. The molecule has 1 heterocycles. The van der Waals surface area contributed by atoms with Crippen molar-refractivity contribution >= 4 is 23.1 Å². The summed E-state index contributed by atoms with van der Waals surface area (Å²) in [6, 6.07) is 7.14. The number of benzene rings is 1. The molecule has 0 amide bonds. The number of nitrogens with one attached hydrogen (secondary N) is 2. The Kier molecular flexibility index (Phi) is 4.25. The monoisotopic (exact) mass is 280 g/mol. The van der Waals surface area contributed by atoms with Crippen molar-refractivity contribution in [2.75, 3.05) is 24.2 Å². The maximum atomic E-state index is 11.2. The van der Waals surface area contributed by atoms with Gasteiger partial charge in [0.15, 0.2) is 5.82 Å². The van der Waals surface area contributed by atoms with E-state index in [0.717, 1.165) is 0 Å². The van der Waals surface area contributed by atoms with Crippen molar-refractivity contribution < 1.29 is 4.74 Å². The Balaban J connectivity index is 1.84. The number of ether oxygens (including phenoxy) is 1. The summed E-state index contributed by atoms with van der Waals surface area (Å²) in [5, 5.41) is 2.95. The number of anilines is 2. The van der Waals surface area contributed by atoms with Crippen LogP contribution in [0.1, 0.15) is 0 Å². The van der Waals surface area contributed by atoms with Crippen molar-refractivity contribution in [1.82, 2.24) is 9.97 Å². The van der Waals surface area contributed by atoms with Gasteiger partial charge in [0.05, 0.1) is 12.9 Å². The Labute approximate surface area is 114 Å². The summed E-state index contributed by atoms with van der Waals surface area (Å²) < 4.78 is 5.48. The maximum Gasteiger partial charge on any atom is 0.271 e. The zero-order valence-electron chi connectivity index (χ0n) is 10.0. The molecule has 0 fully saturated rings. The van der Waals surface area contributed by atoms with Crippen molar-refractivity contribution in [2.24, 2.45) is 0 Å². The second kappa shape index (κ2) is 6.10. The van der Waals surface area contributed by atoms with E-state index in [9.17, 15) is 4.79 Å². The van der Waals surface area contributed by atoms with Crippen LogP contribution in [0.4, 0.5) is 11.5 Å². The average molecular weight is 281 g/mol. The van der Waals surface area contributed by atoms with E-state index in [0.29, 0.717) is 30.4 Å². The lowest BCUT2D eigenvalue weighted by atomic mass is 10.3. The third-order valence-electron chi connectivity index (χ3n) is 2.32. The van der Waals surface area contributed by atoms with Gasteiger partial charge in [-0.25, -0.2) is 4.98 Å². The van der Waals surface area contributed by atoms with Gasteiger partial charge < -0.3 is 20.8 Å². The number of nitrogens with zero attached hydrogens (tertiary/aromatic N) is 1. The van der Waals surface area contributed by atoms with Crippen LogP contribution in [-0.2, 0) is 0 Å². The SMILES string of the molecule is Nc1cccc(OCCNc2nc[nH]c(=O)c2Cl)c1. The summed E-state index contributed by atoms with van der Waals surface area (Å²) in [6.07, 6.45) is 1.29. The quantitative estimate of drug-likeness (QED) is 0.570. The number of aromatic nitrogens is 2. The van der Waals surface area contributed by atoms with E-state index in [2.05, 4.69) is 15.3 Å². The molecule has 19 heavy (non-hydrogen) atoms. The highest BCUT2D eigenvalue weighted by Crippen LogP contribution is 2.14. The van der Waals surface area contributed by atoms with Crippen LogP contribution in [-0.4, -0.2) is 23.1 Å². The Morgan fingerprint density at radius 3 is 3.11 bits per heavy atom. The molecule has 0 aliphatic heterocycles. The van der Waals surface area contributed by atoms with E-state index in [1.54, 1.807) is 12.1 Å². The van der Waals surface area contributed by atoms with Crippen LogP contribution in [0.2, 0.25) is 5.02 Å². The first-order valence-electron chi connectivity index (χ1n) is 5.62. The van der Waals surface area contributed by atoms with E-state index in [4.69, 9.17) is 22.1 Å². The average Bonchev–Trinajstić information content (AvgIpc) is 2.39. The number of halogens is 1. The number of H-pyrrole nitrogens is 1. The van der Waals surface area contributed by atoms with Gasteiger partial charge in [-0.05, 0) is 12.1 Å². The number of hydrogen-bond donors (Lipinski definition) is 3. The Morgan fingerprint density at radius 2 is 2.32 bits per heavy atom. The smallest absolute Gasteiger partial charge is 0.271 e. The van der Waals surface area contributed by atoms with Gasteiger partial charge in [-0.3, -0.25) is 4.79 Å². The van der Waals surface area contributed by atoms with Crippen LogP contribution in [0.5, 0.6) is 5.75 Å².